The first kappa shape index (κ1) is 10.6. The normalized spacial score (nSPS) is 23.1. The van der Waals surface area contributed by atoms with Crippen molar-refractivity contribution in [3.63, 3.8) is 0 Å². The molecule has 15 heavy (non-hydrogen) atoms. The summed E-state index contributed by atoms with van der Waals surface area (Å²) < 4.78 is 25.9. The van der Waals surface area contributed by atoms with Gasteiger partial charge in [0.05, 0.1) is 4.90 Å². The quantitative estimate of drug-likeness (QED) is 0.770. The maximum absolute atomic E-state index is 12.2. The molecule has 1 aromatic carbocycles. The van der Waals surface area contributed by atoms with Gasteiger partial charge in [-0.15, -0.1) is 0 Å². The van der Waals surface area contributed by atoms with E-state index < -0.39 is 10.0 Å². The van der Waals surface area contributed by atoms with E-state index in [1.165, 1.54) is 0 Å². The minimum Gasteiger partial charge on any atom is -0.207 e. The number of nitrogens with zero attached hydrogens (tertiary/aromatic N) is 1. The van der Waals surface area contributed by atoms with Gasteiger partial charge in [-0.2, -0.15) is 4.31 Å². The Kier molecular flexibility index (Phi) is 2.80. The molecule has 1 unspecified atom stereocenters. The molecule has 1 heterocycles. The summed E-state index contributed by atoms with van der Waals surface area (Å²) in [5.74, 6) is 0. The van der Waals surface area contributed by atoms with Crippen LogP contribution in [0.2, 0.25) is 0 Å². The van der Waals surface area contributed by atoms with Crippen molar-refractivity contribution < 1.29 is 8.42 Å². The van der Waals surface area contributed by atoms with Crippen LogP contribution in [0.5, 0.6) is 0 Å². The maximum atomic E-state index is 12.2. The first-order chi connectivity index (χ1) is 7.12. The molecule has 1 atom stereocenters. The number of sulfonamides is 1. The van der Waals surface area contributed by atoms with E-state index in [9.17, 15) is 8.42 Å². The van der Waals surface area contributed by atoms with Crippen molar-refractivity contribution in [2.45, 2.75) is 30.7 Å². The van der Waals surface area contributed by atoms with Gasteiger partial charge in [-0.05, 0) is 31.9 Å². The first-order valence-electron chi connectivity index (χ1n) is 5.19. The highest BCUT2D eigenvalue weighted by Crippen LogP contribution is 2.25. The fraction of sp³-hybridized carbons (Fsp3) is 0.455. The van der Waals surface area contributed by atoms with Crippen LogP contribution in [-0.2, 0) is 10.0 Å². The molecule has 3 nitrogen and oxygen atoms in total. The minimum absolute atomic E-state index is 0.134. The molecule has 1 aliphatic heterocycles. The molecule has 1 aromatic rings. The highest BCUT2D eigenvalue weighted by atomic mass is 32.2. The lowest BCUT2D eigenvalue weighted by atomic mass is 10.3. The minimum atomic E-state index is -3.25. The van der Waals surface area contributed by atoms with Crippen LogP contribution in [0, 0.1) is 0 Å². The van der Waals surface area contributed by atoms with Crippen molar-refractivity contribution in [1.29, 1.82) is 0 Å². The van der Waals surface area contributed by atoms with Gasteiger partial charge in [0.15, 0.2) is 0 Å². The third-order valence-corrected chi connectivity index (χ3v) is 4.87. The van der Waals surface area contributed by atoms with Crippen LogP contribution in [-0.4, -0.2) is 25.3 Å². The molecule has 4 heteroatoms. The van der Waals surface area contributed by atoms with Gasteiger partial charge < -0.3 is 0 Å². The van der Waals surface area contributed by atoms with Crippen molar-refractivity contribution in [2.24, 2.45) is 0 Å². The van der Waals surface area contributed by atoms with Crippen LogP contribution < -0.4 is 0 Å². The fourth-order valence-corrected chi connectivity index (χ4v) is 3.71. The fourth-order valence-electron chi connectivity index (χ4n) is 1.99. The summed E-state index contributed by atoms with van der Waals surface area (Å²) in [4.78, 5) is 0.402. The Bertz CT molecular complexity index is 427. The van der Waals surface area contributed by atoms with E-state index in [0.717, 1.165) is 12.8 Å². The second-order valence-corrected chi connectivity index (χ2v) is 5.81. The molecule has 1 fully saturated rings. The number of benzene rings is 1. The van der Waals surface area contributed by atoms with Gasteiger partial charge in [-0.1, -0.05) is 18.2 Å². The van der Waals surface area contributed by atoms with Crippen molar-refractivity contribution >= 4 is 10.0 Å². The summed E-state index contributed by atoms with van der Waals surface area (Å²) >= 11 is 0. The predicted molar refractivity (Wildman–Crippen MR) is 59.0 cm³/mol. The summed E-state index contributed by atoms with van der Waals surface area (Å²) in [6.07, 6.45) is 1.93. The Morgan fingerprint density at radius 2 is 1.93 bits per heavy atom. The summed E-state index contributed by atoms with van der Waals surface area (Å²) in [5.41, 5.74) is 0. The number of rotatable bonds is 2. The van der Waals surface area contributed by atoms with E-state index in [2.05, 4.69) is 0 Å². The van der Waals surface area contributed by atoms with Crippen LogP contribution in [0.4, 0.5) is 0 Å². The van der Waals surface area contributed by atoms with Crippen LogP contribution in [0.3, 0.4) is 0 Å². The van der Waals surface area contributed by atoms with Gasteiger partial charge in [-0.25, -0.2) is 8.42 Å². The lowest BCUT2D eigenvalue weighted by Gasteiger charge is -2.20. The van der Waals surface area contributed by atoms with Gasteiger partial charge in [0.1, 0.15) is 0 Å². The largest absolute Gasteiger partial charge is 0.243 e. The molecule has 0 aromatic heterocycles. The second kappa shape index (κ2) is 3.94. The first-order valence-corrected chi connectivity index (χ1v) is 6.63. The molecule has 0 aliphatic carbocycles. The average Bonchev–Trinajstić information content (AvgIpc) is 2.66. The summed E-state index contributed by atoms with van der Waals surface area (Å²) in [5, 5.41) is 0. The molecule has 2 rings (SSSR count). The van der Waals surface area contributed by atoms with Crippen LogP contribution in [0.1, 0.15) is 19.8 Å². The van der Waals surface area contributed by atoms with Gasteiger partial charge in [-0.3, -0.25) is 0 Å². The van der Waals surface area contributed by atoms with E-state index in [0.29, 0.717) is 11.4 Å². The lowest BCUT2D eigenvalue weighted by molar-refractivity contribution is 0.408. The molecular weight excluding hydrogens is 210 g/mol. The van der Waals surface area contributed by atoms with E-state index >= 15 is 0 Å². The smallest absolute Gasteiger partial charge is 0.207 e. The molecule has 0 spiro atoms. The summed E-state index contributed by atoms with van der Waals surface area (Å²) in [6, 6.07) is 8.78. The van der Waals surface area contributed by atoms with Crippen LogP contribution in [0.25, 0.3) is 0 Å². The zero-order valence-electron chi connectivity index (χ0n) is 8.76. The SMILES string of the molecule is CC1CCCN1S(=O)(=O)c1ccccc1. The van der Waals surface area contributed by atoms with Crippen molar-refractivity contribution in [3.05, 3.63) is 30.3 Å². The molecule has 0 N–H and O–H groups in total. The summed E-state index contributed by atoms with van der Waals surface area (Å²) in [6.45, 7) is 2.62. The molecule has 0 amide bonds. The third kappa shape index (κ3) is 1.92. The highest BCUT2D eigenvalue weighted by molar-refractivity contribution is 7.89. The zero-order chi connectivity index (χ0) is 10.9. The third-order valence-electron chi connectivity index (χ3n) is 2.84. The van der Waals surface area contributed by atoms with Gasteiger partial charge in [0.2, 0.25) is 10.0 Å². The molecule has 1 aliphatic rings. The van der Waals surface area contributed by atoms with Crippen LogP contribution in [0.15, 0.2) is 35.2 Å². The maximum Gasteiger partial charge on any atom is 0.243 e. The molecule has 0 bridgehead atoms. The van der Waals surface area contributed by atoms with Crippen molar-refractivity contribution in [1.82, 2.24) is 4.31 Å². The Morgan fingerprint density at radius 3 is 2.47 bits per heavy atom. The topological polar surface area (TPSA) is 37.4 Å². The highest BCUT2D eigenvalue weighted by Gasteiger charge is 2.32. The Labute approximate surface area is 90.8 Å². The molecule has 1 saturated heterocycles. The van der Waals surface area contributed by atoms with E-state index in [1.807, 2.05) is 13.0 Å². The Hall–Kier alpha value is -0.870. The summed E-state index contributed by atoms with van der Waals surface area (Å²) in [7, 11) is -3.25. The van der Waals surface area contributed by atoms with Gasteiger partial charge in [0.25, 0.3) is 0 Å². The standard InChI is InChI=1S/C11H15NO2S/c1-10-6-5-9-12(10)15(13,14)11-7-3-2-4-8-11/h2-4,7-8,10H,5-6,9H2,1H3. The molecule has 0 radical (unpaired) electrons. The van der Waals surface area contributed by atoms with E-state index in [4.69, 9.17) is 0 Å². The van der Waals surface area contributed by atoms with E-state index in [-0.39, 0.29) is 6.04 Å². The molecule has 0 saturated carbocycles. The Morgan fingerprint density at radius 1 is 1.27 bits per heavy atom. The van der Waals surface area contributed by atoms with E-state index in [1.54, 1.807) is 28.6 Å². The van der Waals surface area contributed by atoms with Crippen molar-refractivity contribution in [3.8, 4) is 0 Å². The lowest BCUT2D eigenvalue weighted by Crippen LogP contribution is -2.33. The number of hydrogen-bond acceptors (Lipinski definition) is 2. The second-order valence-electron chi connectivity index (χ2n) is 3.92. The van der Waals surface area contributed by atoms with Crippen molar-refractivity contribution in [2.75, 3.05) is 6.54 Å². The monoisotopic (exact) mass is 225 g/mol. The molecular formula is C11H15NO2S. The average molecular weight is 225 g/mol. The zero-order valence-corrected chi connectivity index (χ0v) is 9.57. The number of hydrogen-bond donors (Lipinski definition) is 0. The molecule has 82 valence electrons. The Balaban J connectivity index is 2.35. The predicted octanol–water partition coefficient (Wildman–Crippen LogP) is 1.86. The van der Waals surface area contributed by atoms with Crippen LogP contribution >= 0.6 is 0 Å². The van der Waals surface area contributed by atoms with Gasteiger partial charge >= 0.3 is 0 Å². The van der Waals surface area contributed by atoms with Gasteiger partial charge in [0, 0.05) is 12.6 Å².